The number of amides is 1. The standard InChI is InChI=1S/C19H21N3O3/c1-11-6-7-17(24-5)16(8-11)20-19(23)15-9-12(2)22(14(15)4)18-10-13(3)25-21-18/h6-10H,1-5H3,(H,20,23). The fourth-order valence-electron chi connectivity index (χ4n) is 2.91. The van der Waals surface area contributed by atoms with Crippen LogP contribution < -0.4 is 10.1 Å². The third kappa shape index (κ3) is 3.15. The first-order valence-corrected chi connectivity index (χ1v) is 7.99. The molecule has 0 aliphatic carbocycles. The molecule has 0 aliphatic rings. The van der Waals surface area contributed by atoms with E-state index in [2.05, 4.69) is 10.5 Å². The zero-order valence-electron chi connectivity index (χ0n) is 15.0. The van der Waals surface area contributed by atoms with E-state index >= 15 is 0 Å². The van der Waals surface area contributed by atoms with Gasteiger partial charge < -0.3 is 14.6 Å². The highest BCUT2D eigenvalue weighted by molar-refractivity contribution is 6.06. The average Bonchev–Trinajstić information content (AvgIpc) is 3.10. The predicted octanol–water partition coefficient (Wildman–Crippen LogP) is 3.96. The van der Waals surface area contributed by atoms with Gasteiger partial charge in [0.2, 0.25) is 0 Å². The van der Waals surface area contributed by atoms with Gasteiger partial charge in [-0.15, -0.1) is 0 Å². The predicted molar refractivity (Wildman–Crippen MR) is 95.7 cm³/mol. The Kier molecular flexibility index (Phi) is 4.35. The molecule has 0 saturated carbocycles. The van der Waals surface area contributed by atoms with Crippen molar-refractivity contribution < 1.29 is 14.1 Å². The van der Waals surface area contributed by atoms with Gasteiger partial charge in [-0.3, -0.25) is 9.36 Å². The molecule has 0 radical (unpaired) electrons. The molecule has 0 atom stereocenters. The first-order chi connectivity index (χ1) is 11.9. The first-order valence-electron chi connectivity index (χ1n) is 7.99. The Bertz CT molecular complexity index is 938. The third-order valence-electron chi connectivity index (χ3n) is 4.12. The van der Waals surface area contributed by atoms with Crippen molar-refractivity contribution >= 4 is 11.6 Å². The SMILES string of the molecule is COc1ccc(C)cc1NC(=O)c1cc(C)n(-c2cc(C)on2)c1C. The Balaban J connectivity index is 1.95. The van der Waals surface area contributed by atoms with E-state index in [4.69, 9.17) is 9.26 Å². The molecule has 0 saturated heterocycles. The Hall–Kier alpha value is -3.02. The summed E-state index contributed by atoms with van der Waals surface area (Å²) in [4.78, 5) is 12.8. The third-order valence-corrected chi connectivity index (χ3v) is 4.12. The highest BCUT2D eigenvalue weighted by Gasteiger charge is 2.19. The molecule has 0 fully saturated rings. The summed E-state index contributed by atoms with van der Waals surface area (Å²) in [6.07, 6.45) is 0. The highest BCUT2D eigenvalue weighted by atomic mass is 16.5. The molecule has 25 heavy (non-hydrogen) atoms. The molecule has 6 nitrogen and oxygen atoms in total. The molecular weight excluding hydrogens is 318 g/mol. The van der Waals surface area contributed by atoms with Crippen molar-refractivity contribution in [2.45, 2.75) is 27.7 Å². The normalized spacial score (nSPS) is 10.8. The van der Waals surface area contributed by atoms with E-state index in [-0.39, 0.29) is 5.91 Å². The van der Waals surface area contributed by atoms with E-state index in [9.17, 15) is 4.79 Å². The van der Waals surface area contributed by atoms with E-state index in [1.54, 1.807) is 7.11 Å². The summed E-state index contributed by atoms with van der Waals surface area (Å²) in [5.74, 6) is 1.82. The van der Waals surface area contributed by atoms with E-state index in [1.165, 1.54) is 0 Å². The van der Waals surface area contributed by atoms with Gasteiger partial charge in [0.15, 0.2) is 5.82 Å². The Morgan fingerprint density at radius 3 is 2.56 bits per heavy atom. The lowest BCUT2D eigenvalue weighted by Gasteiger charge is -2.11. The van der Waals surface area contributed by atoms with Gasteiger partial charge in [0.25, 0.3) is 5.91 Å². The number of hydrogen-bond acceptors (Lipinski definition) is 4. The fourth-order valence-corrected chi connectivity index (χ4v) is 2.91. The van der Waals surface area contributed by atoms with Crippen LogP contribution in [0.25, 0.3) is 5.82 Å². The summed E-state index contributed by atoms with van der Waals surface area (Å²) in [6, 6.07) is 9.35. The zero-order chi connectivity index (χ0) is 18.1. The Morgan fingerprint density at radius 1 is 1.16 bits per heavy atom. The van der Waals surface area contributed by atoms with Crippen LogP contribution in [0.2, 0.25) is 0 Å². The minimum atomic E-state index is -0.191. The lowest BCUT2D eigenvalue weighted by Crippen LogP contribution is -2.14. The van der Waals surface area contributed by atoms with Gasteiger partial charge in [0.05, 0.1) is 18.4 Å². The maximum atomic E-state index is 12.8. The van der Waals surface area contributed by atoms with Crippen LogP contribution in [0.15, 0.2) is 34.9 Å². The number of methoxy groups -OCH3 is 1. The van der Waals surface area contributed by atoms with E-state index in [1.807, 2.05) is 62.6 Å². The molecule has 0 unspecified atom stereocenters. The van der Waals surface area contributed by atoms with E-state index in [0.717, 1.165) is 22.7 Å². The van der Waals surface area contributed by atoms with E-state index in [0.29, 0.717) is 22.8 Å². The molecule has 2 heterocycles. The van der Waals surface area contributed by atoms with Crippen LogP contribution in [0, 0.1) is 27.7 Å². The number of anilines is 1. The minimum Gasteiger partial charge on any atom is -0.495 e. The Labute approximate surface area is 146 Å². The molecule has 2 aromatic heterocycles. The molecule has 0 aliphatic heterocycles. The van der Waals surface area contributed by atoms with Crippen LogP contribution >= 0.6 is 0 Å². The summed E-state index contributed by atoms with van der Waals surface area (Å²) < 4.78 is 12.4. The van der Waals surface area contributed by atoms with Crippen LogP contribution in [0.5, 0.6) is 5.75 Å². The van der Waals surface area contributed by atoms with Crippen molar-refractivity contribution in [1.29, 1.82) is 0 Å². The first kappa shape index (κ1) is 16.8. The second-order valence-electron chi connectivity index (χ2n) is 6.07. The summed E-state index contributed by atoms with van der Waals surface area (Å²) in [7, 11) is 1.58. The highest BCUT2D eigenvalue weighted by Crippen LogP contribution is 2.27. The minimum absolute atomic E-state index is 0.191. The summed E-state index contributed by atoms with van der Waals surface area (Å²) in [5.41, 5.74) is 3.98. The molecule has 1 N–H and O–H groups in total. The number of aromatic nitrogens is 2. The van der Waals surface area contributed by atoms with Crippen molar-refractivity contribution in [3.8, 4) is 11.6 Å². The monoisotopic (exact) mass is 339 g/mol. The van der Waals surface area contributed by atoms with Gasteiger partial charge >= 0.3 is 0 Å². The van der Waals surface area contributed by atoms with Crippen molar-refractivity contribution in [3.05, 3.63) is 58.6 Å². The van der Waals surface area contributed by atoms with Crippen molar-refractivity contribution in [2.75, 3.05) is 12.4 Å². The van der Waals surface area contributed by atoms with Crippen LogP contribution in [0.3, 0.4) is 0 Å². The van der Waals surface area contributed by atoms with E-state index < -0.39 is 0 Å². The topological polar surface area (TPSA) is 69.3 Å². The van der Waals surface area contributed by atoms with Crippen LogP contribution in [0.1, 0.15) is 33.1 Å². The largest absolute Gasteiger partial charge is 0.495 e. The maximum Gasteiger partial charge on any atom is 0.257 e. The fraction of sp³-hybridized carbons (Fsp3) is 0.263. The van der Waals surface area contributed by atoms with Gasteiger partial charge in [0, 0.05) is 17.5 Å². The number of nitrogens with one attached hydrogen (secondary N) is 1. The van der Waals surface area contributed by atoms with Crippen LogP contribution in [-0.4, -0.2) is 22.7 Å². The maximum absolute atomic E-state index is 12.8. The number of ether oxygens (including phenoxy) is 1. The lowest BCUT2D eigenvalue weighted by molar-refractivity contribution is 0.102. The van der Waals surface area contributed by atoms with Crippen molar-refractivity contribution in [1.82, 2.24) is 9.72 Å². The smallest absolute Gasteiger partial charge is 0.257 e. The summed E-state index contributed by atoms with van der Waals surface area (Å²) in [6.45, 7) is 7.62. The van der Waals surface area contributed by atoms with Crippen LogP contribution in [-0.2, 0) is 0 Å². The second kappa shape index (κ2) is 6.47. The number of rotatable bonds is 4. The van der Waals surface area contributed by atoms with Gasteiger partial charge in [-0.05, 0) is 51.5 Å². The van der Waals surface area contributed by atoms with Gasteiger partial charge in [0.1, 0.15) is 11.5 Å². The average molecular weight is 339 g/mol. The number of hydrogen-bond donors (Lipinski definition) is 1. The van der Waals surface area contributed by atoms with Gasteiger partial charge in [-0.2, -0.15) is 0 Å². The number of carbonyl (C=O) groups excluding carboxylic acids is 1. The van der Waals surface area contributed by atoms with Crippen LogP contribution in [0.4, 0.5) is 5.69 Å². The van der Waals surface area contributed by atoms with Crippen molar-refractivity contribution in [2.24, 2.45) is 0 Å². The van der Waals surface area contributed by atoms with Gasteiger partial charge in [-0.1, -0.05) is 11.2 Å². The number of nitrogens with zero attached hydrogens (tertiary/aromatic N) is 2. The molecule has 1 amide bonds. The summed E-state index contributed by atoms with van der Waals surface area (Å²) >= 11 is 0. The second-order valence-corrected chi connectivity index (χ2v) is 6.07. The Morgan fingerprint density at radius 2 is 1.92 bits per heavy atom. The van der Waals surface area contributed by atoms with Crippen molar-refractivity contribution in [3.63, 3.8) is 0 Å². The molecule has 3 rings (SSSR count). The molecule has 1 aromatic carbocycles. The molecule has 130 valence electrons. The molecule has 3 aromatic rings. The lowest BCUT2D eigenvalue weighted by atomic mass is 10.2. The number of benzene rings is 1. The number of carbonyl (C=O) groups is 1. The zero-order valence-corrected chi connectivity index (χ0v) is 15.0. The molecule has 0 spiro atoms. The summed E-state index contributed by atoms with van der Waals surface area (Å²) in [5, 5.41) is 6.98. The quantitative estimate of drug-likeness (QED) is 0.781. The molecule has 0 bridgehead atoms. The molecule has 6 heteroatoms. The van der Waals surface area contributed by atoms with Gasteiger partial charge in [-0.25, -0.2) is 0 Å². The number of aryl methyl sites for hydroxylation is 3. The molecular formula is C19H21N3O3.